The van der Waals surface area contributed by atoms with E-state index in [4.69, 9.17) is 4.74 Å². The van der Waals surface area contributed by atoms with Crippen LogP contribution in [0.25, 0.3) is 0 Å². The molecule has 0 atom stereocenters. The first-order valence-electron chi connectivity index (χ1n) is 12.3. The van der Waals surface area contributed by atoms with Crippen LogP contribution >= 0.6 is 0 Å². The number of pyridine rings is 1. The summed E-state index contributed by atoms with van der Waals surface area (Å²) in [6.45, 7) is 1.47. The summed E-state index contributed by atoms with van der Waals surface area (Å²) in [6, 6.07) is 10.2. The lowest BCUT2D eigenvalue weighted by molar-refractivity contribution is -0.127. The number of carbonyl (C=O) groups is 2. The van der Waals surface area contributed by atoms with Crippen molar-refractivity contribution >= 4 is 34.7 Å². The fourth-order valence-corrected chi connectivity index (χ4v) is 5.28. The van der Waals surface area contributed by atoms with E-state index in [9.17, 15) is 9.59 Å². The van der Waals surface area contributed by atoms with Crippen LogP contribution in [0.3, 0.4) is 0 Å². The van der Waals surface area contributed by atoms with Crippen molar-refractivity contribution in [2.75, 3.05) is 42.4 Å². The third-order valence-electron chi connectivity index (χ3n) is 7.40. The number of amides is 2. The van der Waals surface area contributed by atoms with Gasteiger partial charge in [-0.15, -0.1) is 0 Å². The zero-order valence-corrected chi connectivity index (χ0v) is 19.9. The standard InChI is InChI=1S/C26H33N5O3/c1-30-21-6-4-3-5-20(21)26(33)31(2)23-16-27-24(15-22(23)30)28-18-9-7-17(8-10-18)25(32)29-19-11-13-34-14-12-19/h3-6,15-19H,7-14H2,1-2H3,(H,27,28)(H,29,32)/t17-,18+. The lowest BCUT2D eigenvalue weighted by Crippen LogP contribution is -2.43. The zero-order chi connectivity index (χ0) is 23.7. The summed E-state index contributed by atoms with van der Waals surface area (Å²) in [5, 5.41) is 6.80. The average molecular weight is 464 g/mol. The molecule has 0 spiro atoms. The number of hydrogen-bond acceptors (Lipinski definition) is 6. The minimum Gasteiger partial charge on any atom is -0.381 e. The van der Waals surface area contributed by atoms with E-state index in [0.717, 1.165) is 74.6 Å². The van der Waals surface area contributed by atoms with Crippen LogP contribution in [-0.2, 0) is 9.53 Å². The van der Waals surface area contributed by atoms with Gasteiger partial charge in [-0.25, -0.2) is 4.98 Å². The van der Waals surface area contributed by atoms with Crippen LogP contribution in [0.15, 0.2) is 36.5 Å². The number of carbonyl (C=O) groups excluding carboxylic acids is 2. The maximum Gasteiger partial charge on any atom is 0.260 e. The van der Waals surface area contributed by atoms with Crippen LogP contribution < -0.4 is 20.4 Å². The van der Waals surface area contributed by atoms with Gasteiger partial charge in [-0.3, -0.25) is 9.59 Å². The van der Waals surface area contributed by atoms with Gasteiger partial charge in [-0.05, 0) is 50.7 Å². The third kappa shape index (κ3) is 4.46. The first-order valence-corrected chi connectivity index (χ1v) is 12.3. The molecule has 180 valence electrons. The summed E-state index contributed by atoms with van der Waals surface area (Å²) in [5.41, 5.74) is 3.27. The summed E-state index contributed by atoms with van der Waals surface area (Å²) >= 11 is 0. The minimum atomic E-state index is -0.0407. The molecule has 8 heteroatoms. The van der Waals surface area contributed by atoms with E-state index in [1.54, 1.807) is 18.1 Å². The number of ether oxygens (including phenoxy) is 1. The molecule has 1 saturated carbocycles. The molecule has 1 aromatic carbocycles. The van der Waals surface area contributed by atoms with Crippen LogP contribution in [0.1, 0.15) is 48.9 Å². The number of rotatable bonds is 4. The molecule has 0 bridgehead atoms. The normalized spacial score (nSPS) is 23.1. The number of nitrogens with zero attached hydrogens (tertiary/aromatic N) is 3. The first-order chi connectivity index (χ1) is 16.5. The monoisotopic (exact) mass is 463 g/mol. The fraction of sp³-hybridized carbons (Fsp3) is 0.500. The van der Waals surface area contributed by atoms with E-state index in [2.05, 4.69) is 20.5 Å². The highest BCUT2D eigenvalue weighted by atomic mass is 16.5. The van der Waals surface area contributed by atoms with Crippen LogP contribution in [0.4, 0.5) is 22.9 Å². The van der Waals surface area contributed by atoms with E-state index in [1.807, 2.05) is 37.4 Å². The van der Waals surface area contributed by atoms with E-state index in [0.29, 0.717) is 5.56 Å². The van der Waals surface area contributed by atoms with Crippen molar-refractivity contribution in [1.29, 1.82) is 0 Å². The van der Waals surface area contributed by atoms with Crippen molar-refractivity contribution in [2.45, 2.75) is 50.6 Å². The van der Waals surface area contributed by atoms with Gasteiger partial charge in [0.2, 0.25) is 5.91 Å². The zero-order valence-electron chi connectivity index (χ0n) is 19.9. The van der Waals surface area contributed by atoms with Gasteiger partial charge >= 0.3 is 0 Å². The molecule has 3 heterocycles. The number of nitrogens with one attached hydrogen (secondary N) is 2. The number of anilines is 4. The van der Waals surface area contributed by atoms with Gasteiger partial charge in [0.15, 0.2) is 0 Å². The predicted octanol–water partition coefficient (Wildman–Crippen LogP) is 3.71. The quantitative estimate of drug-likeness (QED) is 0.719. The highest BCUT2D eigenvalue weighted by Crippen LogP contribution is 2.40. The Labute approximate surface area is 200 Å². The second-order valence-corrected chi connectivity index (χ2v) is 9.59. The molecule has 0 unspecified atom stereocenters. The van der Waals surface area contributed by atoms with Crippen LogP contribution in [0, 0.1) is 5.92 Å². The summed E-state index contributed by atoms with van der Waals surface area (Å²) in [6.07, 6.45) is 7.21. The molecule has 1 saturated heterocycles. The van der Waals surface area contributed by atoms with Gasteiger partial charge in [-0.2, -0.15) is 0 Å². The summed E-state index contributed by atoms with van der Waals surface area (Å²) < 4.78 is 5.39. The molecular formula is C26H33N5O3. The van der Waals surface area contributed by atoms with Crippen molar-refractivity contribution < 1.29 is 14.3 Å². The maximum atomic E-state index is 13.0. The number of benzene rings is 1. The molecule has 2 aromatic rings. The second-order valence-electron chi connectivity index (χ2n) is 9.59. The van der Waals surface area contributed by atoms with Gasteiger partial charge in [0.25, 0.3) is 5.91 Å². The SMILES string of the molecule is CN1C(=O)c2ccccc2N(C)c2cc(N[C@H]3CC[C@@H](C(=O)NC4CCOCC4)CC3)ncc21. The number of fused-ring (bicyclic) bond motifs is 2. The van der Waals surface area contributed by atoms with Crippen LogP contribution in [-0.4, -0.2) is 56.2 Å². The highest BCUT2D eigenvalue weighted by molar-refractivity contribution is 6.13. The van der Waals surface area contributed by atoms with Crippen LogP contribution in [0.2, 0.25) is 0 Å². The Bertz CT molecular complexity index is 1060. The van der Waals surface area contributed by atoms with Crippen molar-refractivity contribution in [3.05, 3.63) is 42.1 Å². The van der Waals surface area contributed by atoms with Gasteiger partial charge in [0.1, 0.15) is 5.82 Å². The second kappa shape index (κ2) is 9.62. The van der Waals surface area contributed by atoms with E-state index in [-0.39, 0.29) is 29.8 Å². The Morgan fingerprint density at radius 3 is 2.44 bits per heavy atom. The third-order valence-corrected chi connectivity index (χ3v) is 7.40. The Balaban J connectivity index is 1.24. The molecule has 34 heavy (non-hydrogen) atoms. The molecule has 1 aromatic heterocycles. The number of aromatic nitrogens is 1. The molecule has 0 radical (unpaired) electrons. The molecule has 5 rings (SSSR count). The van der Waals surface area contributed by atoms with Crippen molar-refractivity contribution in [3.63, 3.8) is 0 Å². The topological polar surface area (TPSA) is 86.8 Å². The molecule has 8 nitrogen and oxygen atoms in total. The molecule has 2 aliphatic heterocycles. The van der Waals surface area contributed by atoms with Crippen LogP contribution in [0.5, 0.6) is 0 Å². The molecule has 2 N–H and O–H groups in total. The molecule has 3 aliphatic rings. The van der Waals surface area contributed by atoms with Crippen molar-refractivity contribution in [1.82, 2.24) is 10.3 Å². The summed E-state index contributed by atoms with van der Waals surface area (Å²) in [5.74, 6) is 1.03. The number of para-hydroxylation sites is 1. The van der Waals surface area contributed by atoms with Crippen molar-refractivity contribution in [2.24, 2.45) is 5.92 Å². The molecule has 1 aliphatic carbocycles. The summed E-state index contributed by atoms with van der Waals surface area (Å²) in [4.78, 5) is 34.0. The first kappa shape index (κ1) is 22.7. The highest BCUT2D eigenvalue weighted by Gasteiger charge is 2.30. The van der Waals surface area contributed by atoms with E-state index in [1.165, 1.54) is 0 Å². The Hall–Kier alpha value is -3.13. The smallest absolute Gasteiger partial charge is 0.260 e. The Morgan fingerprint density at radius 2 is 1.68 bits per heavy atom. The largest absolute Gasteiger partial charge is 0.381 e. The van der Waals surface area contributed by atoms with Crippen molar-refractivity contribution in [3.8, 4) is 0 Å². The Kier molecular flexibility index (Phi) is 6.41. The summed E-state index contributed by atoms with van der Waals surface area (Å²) in [7, 11) is 3.77. The van der Waals surface area contributed by atoms with Gasteiger partial charge in [0.05, 0.1) is 28.8 Å². The van der Waals surface area contributed by atoms with Gasteiger partial charge in [-0.1, -0.05) is 12.1 Å². The lowest BCUT2D eigenvalue weighted by Gasteiger charge is -2.31. The maximum absolute atomic E-state index is 13.0. The average Bonchev–Trinajstić information content (AvgIpc) is 2.95. The molecule has 2 amide bonds. The predicted molar refractivity (Wildman–Crippen MR) is 133 cm³/mol. The van der Waals surface area contributed by atoms with Gasteiger partial charge in [0, 0.05) is 51.4 Å². The van der Waals surface area contributed by atoms with Gasteiger partial charge < -0.3 is 25.2 Å². The van der Waals surface area contributed by atoms with E-state index < -0.39 is 0 Å². The molecular weight excluding hydrogens is 430 g/mol. The van der Waals surface area contributed by atoms with E-state index >= 15 is 0 Å². The Morgan fingerprint density at radius 1 is 0.941 bits per heavy atom. The lowest BCUT2D eigenvalue weighted by atomic mass is 9.85. The number of hydrogen-bond donors (Lipinski definition) is 2. The fourth-order valence-electron chi connectivity index (χ4n) is 5.28. The minimum absolute atomic E-state index is 0.0407. The molecule has 2 fully saturated rings.